The van der Waals surface area contributed by atoms with Crippen molar-refractivity contribution in [2.24, 2.45) is 0 Å². The molecule has 0 aliphatic carbocycles. The summed E-state index contributed by atoms with van der Waals surface area (Å²) in [6.45, 7) is 1.45. The lowest BCUT2D eigenvalue weighted by Gasteiger charge is -2.20. The molecule has 2 aromatic carbocycles. The van der Waals surface area contributed by atoms with Crippen molar-refractivity contribution in [3.8, 4) is 11.5 Å². The van der Waals surface area contributed by atoms with Crippen molar-refractivity contribution in [2.75, 3.05) is 13.2 Å². The Morgan fingerprint density at radius 2 is 1.85 bits per heavy atom. The maximum absolute atomic E-state index is 12.5. The van der Waals surface area contributed by atoms with E-state index in [1.807, 2.05) is 24.3 Å². The summed E-state index contributed by atoms with van der Waals surface area (Å²) in [5.41, 5.74) is 1.31. The maximum atomic E-state index is 12.5. The van der Waals surface area contributed by atoms with Crippen LogP contribution in [0.15, 0.2) is 48.5 Å². The summed E-state index contributed by atoms with van der Waals surface area (Å²) in [4.78, 5) is 14.2. The lowest BCUT2D eigenvalue weighted by atomic mass is 10.1. The molecule has 0 radical (unpaired) electrons. The lowest BCUT2D eigenvalue weighted by Crippen LogP contribution is -2.32. The number of aromatic hydroxyl groups is 1. The first-order chi connectivity index (χ1) is 9.75. The number of hydrogen-bond acceptors (Lipinski definition) is 3. The van der Waals surface area contributed by atoms with Crippen LogP contribution in [-0.4, -0.2) is 29.1 Å². The molecule has 0 atom stereocenters. The van der Waals surface area contributed by atoms with Crippen molar-refractivity contribution in [1.82, 2.24) is 4.90 Å². The van der Waals surface area contributed by atoms with E-state index in [0.717, 1.165) is 11.3 Å². The van der Waals surface area contributed by atoms with Gasteiger partial charge in [-0.1, -0.05) is 30.3 Å². The molecule has 0 spiro atoms. The number of rotatable bonds is 1. The molecule has 0 bridgehead atoms. The molecule has 102 valence electrons. The Bertz CT molecular complexity index is 639. The second-order valence-corrected chi connectivity index (χ2v) is 4.70. The van der Waals surface area contributed by atoms with Gasteiger partial charge < -0.3 is 14.7 Å². The van der Waals surface area contributed by atoms with Gasteiger partial charge in [0, 0.05) is 12.1 Å². The molecule has 0 saturated carbocycles. The molecule has 3 rings (SSSR count). The van der Waals surface area contributed by atoms with Crippen molar-refractivity contribution in [3.05, 3.63) is 59.7 Å². The molecule has 1 aliphatic heterocycles. The maximum Gasteiger partial charge on any atom is 0.258 e. The van der Waals surface area contributed by atoms with Crippen LogP contribution in [0.3, 0.4) is 0 Å². The number of carbonyl (C=O) groups is 1. The topological polar surface area (TPSA) is 49.8 Å². The molecule has 0 aromatic heterocycles. The molecule has 0 unspecified atom stereocenters. The minimum absolute atomic E-state index is 0.0101. The Hall–Kier alpha value is -2.49. The molecule has 4 heteroatoms. The monoisotopic (exact) mass is 269 g/mol. The van der Waals surface area contributed by atoms with Crippen molar-refractivity contribution >= 4 is 5.91 Å². The molecule has 2 aromatic rings. The standard InChI is InChI=1S/C16H15NO3/c18-14-7-3-2-6-13(14)16(19)17-9-10-20-15-8-4-1-5-12(15)11-17/h1-8,18H,9-11H2. The van der Waals surface area contributed by atoms with Crippen molar-refractivity contribution in [2.45, 2.75) is 6.54 Å². The summed E-state index contributed by atoms with van der Waals surface area (Å²) in [7, 11) is 0. The van der Waals surface area contributed by atoms with Gasteiger partial charge >= 0.3 is 0 Å². The summed E-state index contributed by atoms with van der Waals surface area (Å²) in [5.74, 6) is 0.652. The molecule has 1 N–H and O–H groups in total. The summed E-state index contributed by atoms with van der Waals surface area (Å²) in [5, 5.41) is 9.80. The van der Waals surface area contributed by atoms with Gasteiger partial charge in [0.25, 0.3) is 5.91 Å². The van der Waals surface area contributed by atoms with Crippen LogP contribution < -0.4 is 4.74 Å². The zero-order valence-corrected chi connectivity index (χ0v) is 11.0. The Morgan fingerprint density at radius 1 is 1.10 bits per heavy atom. The van der Waals surface area contributed by atoms with Gasteiger partial charge in [0.1, 0.15) is 18.1 Å². The van der Waals surface area contributed by atoms with E-state index in [2.05, 4.69) is 0 Å². The largest absolute Gasteiger partial charge is 0.507 e. The van der Waals surface area contributed by atoms with Crippen molar-refractivity contribution < 1.29 is 14.6 Å². The average Bonchev–Trinajstić information content (AvgIpc) is 2.69. The second kappa shape index (κ2) is 5.25. The molecular weight excluding hydrogens is 254 g/mol. The number of nitrogens with zero attached hydrogens (tertiary/aromatic N) is 1. The number of carbonyl (C=O) groups excluding carboxylic acids is 1. The highest BCUT2D eigenvalue weighted by Gasteiger charge is 2.22. The highest BCUT2D eigenvalue weighted by atomic mass is 16.5. The van der Waals surface area contributed by atoms with E-state index in [4.69, 9.17) is 4.74 Å². The number of para-hydroxylation sites is 2. The third-order valence-corrected chi connectivity index (χ3v) is 3.37. The predicted octanol–water partition coefficient (Wildman–Crippen LogP) is 2.43. The molecule has 20 heavy (non-hydrogen) atoms. The fourth-order valence-electron chi connectivity index (χ4n) is 2.32. The van der Waals surface area contributed by atoms with Crippen LogP contribution in [0.2, 0.25) is 0 Å². The number of benzene rings is 2. The average molecular weight is 269 g/mol. The number of fused-ring (bicyclic) bond motifs is 1. The number of hydrogen-bond donors (Lipinski definition) is 1. The lowest BCUT2D eigenvalue weighted by molar-refractivity contribution is 0.0730. The zero-order chi connectivity index (χ0) is 13.9. The van der Waals surface area contributed by atoms with Gasteiger partial charge in [0.05, 0.1) is 12.1 Å². The normalized spacial score (nSPS) is 14.1. The fourth-order valence-corrected chi connectivity index (χ4v) is 2.32. The zero-order valence-electron chi connectivity index (χ0n) is 11.0. The summed E-state index contributed by atoms with van der Waals surface area (Å²) in [6.07, 6.45) is 0. The molecule has 1 aliphatic rings. The highest BCUT2D eigenvalue weighted by Crippen LogP contribution is 2.25. The van der Waals surface area contributed by atoms with E-state index < -0.39 is 0 Å². The Labute approximate surface area is 117 Å². The Balaban J connectivity index is 1.88. The molecule has 0 saturated heterocycles. The first-order valence-corrected chi connectivity index (χ1v) is 6.53. The quantitative estimate of drug-likeness (QED) is 0.865. The highest BCUT2D eigenvalue weighted by molar-refractivity contribution is 5.96. The second-order valence-electron chi connectivity index (χ2n) is 4.70. The Kier molecular flexibility index (Phi) is 3.29. The number of phenolic OH excluding ortho intramolecular Hbond substituents is 1. The van der Waals surface area contributed by atoms with E-state index >= 15 is 0 Å². The molecule has 1 heterocycles. The third-order valence-electron chi connectivity index (χ3n) is 3.37. The predicted molar refractivity (Wildman–Crippen MR) is 74.8 cm³/mol. The molecule has 4 nitrogen and oxygen atoms in total. The van der Waals surface area contributed by atoms with Crippen LogP contribution in [0.1, 0.15) is 15.9 Å². The van der Waals surface area contributed by atoms with Gasteiger partial charge in [-0.05, 0) is 18.2 Å². The first-order valence-electron chi connectivity index (χ1n) is 6.53. The SMILES string of the molecule is O=C(c1ccccc1O)N1CCOc2ccccc2C1. The summed E-state index contributed by atoms with van der Waals surface area (Å²) in [6, 6.07) is 14.3. The number of ether oxygens (including phenoxy) is 1. The molecular formula is C16H15NO3. The van der Waals surface area contributed by atoms with Gasteiger partial charge in [-0.3, -0.25) is 4.79 Å². The third kappa shape index (κ3) is 2.32. The van der Waals surface area contributed by atoms with Crippen molar-refractivity contribution in [1.29, 1.82) is 0 Å². The number of amides is 1. The van der Waals surface area contributed by atoms with Gasteiger partial charge in [-0.25, -0.2) is 0 Å². The molecule has 0 fully saturated rings. The number of phenols is 1. The van der Waals surface area contributed by atoms with Crippen LogP contribution in [0.5, 0.6) is 11.5 Å². The fraction of sp³-hybridized carbons (Fsp3) is 0.188. The van der Waals surface area contributed by atoms with Crippen LogP contribution in [-0.2, 0) is 6.54 Å². The van der Waals surface area contributed by atoms with Crippen LogP contribution in [0, 0.1) is 0 Å². The Morgan fingerprint density at radius 3 is 2.70 bits per heavy atom. The van der Waals surface area contributed by atoms with Gasteiger partial charge in [0.2, 0.25) is 0 Å². The van der Waals surface area contributed by atoms with E-state index in [0.29, 0.717) is 25.3 Å². The van der Waals surface area contributed by atoms with Crippen LogP contribution in [0.4, 0.5) is 0 Å². The van der Waals surface area contributed by atoms with E-state index in [-0.39, 0.29) is 11.7 Å². The summed E-state index contributed by atoms with van der Waals surface area (Å²) < 4.78 is 5.64. The minimum atomic E-state index is -0.177. The summed E-state index contributed by atoms with van der Waals surface area (Å²) >= 11 is 0. The van der Waals surface area contributed by atoms with Gasteiger partial charge in [0.15, 0.2) is 0 Å². The van der Waals surface area contributed by atoms with Crippen LogP contribution in [0.25, 0.3) is 0 Å². The van der Waals surface area contributed by atoms with Gasteiger partial charge in [-0.15, -0.1) is 0 Å². The smallest absolute Gasteiger partial charge is 0.258 e. The van der Waals surface area contributed by atoms with Gasteiger partial charge in [-0.2, -0.15) is 0 Å². The molecule has 1 amide bonds. The van der Waals surface area contributed by atoms with E-state index in [9.17, 15) is 9.90 Å². The van der Waals surface area contributed by atoms with E-state index in [1.54, 1.807) is 23.1 Å². The first kappa shape index (κ1) is 12.5. The minimum Gasteiger partial charge on any atom is -0.507 e. The van der Waals surface area contributed by atoms with Crippen molar-refractivity contribution in [3.63, 3.8) is 0 Å². The van der Waals surface area contributed by atoms with Crippen LogP contribution >= 0.6 is 0 Å². The van der Waals surface area contributed by atoms with E-state index in [1.165, 1.54) is 6.07 Å².